The van der Waals surface area contributed by atoms with E-state index in [2.05, 4.69) is 13.8 Å². The van der Waals surface area contributed by atoms with Crippen molar-refractivity contribution in [3.63, 3.8) is 0 Å². The first-order chi connectivity index (χ1) is 17.5. The first-order valence-corrected chi connectivity index (χ1v) is 12.8. The summed E-state index contributed by atoms with van der Waals surface area (Å²) in [5.41, 5.74) is 2.30. The Hall–Kier alpha value is -2.83. The lowest BCUT2D eigenvalue weighted by atomic mass is 9.98. The molecule has 0 N–H and O–H groups in total. The number of halogens is 3. The molecule has 0 aromatic heterocycles. The average Bonchev–Trinajstić information content (AvgIpc) is 2.90. The summed E-state index contributed by atoms with van der Waals surface area (Å²) in [5.74, 6) is -2.06. The van der Waals surface area contributed by atoms with Gasteiger partial charge in [0.1, 0.15) is 5.82 Å². The van der Waals surface area contributed by atoms with Gasteiger partial charge in [-0.15, -0.1) is 0 Å². The van der Waals surface area contributed by atoms with Crippen molar-refractivity contribution in [3.05, 3.63) is 77.6 Å². The topological polar surface area (TPSA) is 27.7 Å². The van der Waals surface area contributed by atoms with E-state index in [0.29, 0.717) is 48.0 Å². The third kappa shape index (κ3) is 6.11. The van der Waals surface area contributed by atoms with Gasteiger partial charge in [0.05, 0.1) is 19.8 Å². The van der Waals surface area contributed by atoms with Crippen LogP contribution in [0.25, 0.3) is 22.3 Å². The molecular weight excluding hydrogens is 465 g/mol. The Morgan fingerprint density at radius 2 is 1.44 bits per heavy atom. The van der Waals surface area contributed by atoms with Gasteiger partial charge in [-0.25, -0.2) is 8.78 Å². The van der Waals surface area contributed by atoms with Crippen molar-refractivity contribution < 1.29 is 27.4 Å². The number of unbranched alkanes of at least 4 members (excludes halogenated alkanes) is 2. The van der Waals surface area contributed by atoms with E-state index in [1.807, 2.05) is 0 Å². The molecule has 1 saturated heterocycles. The van der Waals surface area contributed by atoms with Crippen LogP contribution in [0.1, 0.15) is 57.8 Å². The fourth-order valence-electron chi connectivity index (χ4n) is 4.45. The molecule has 192 valence electrons. The van der Waals surface area contributed by atoms with Crippen molar-refractivity contribution in [2.75, 3.05) is 19.8 Å². The molecule has 0 aliphatic carbocycles. The van der Waals surface area contributed by atoms with Crippen LogP contribution in [0, 0.1) is 23.4 Å². The third-order valence-corrected chi connectivity index (χ3v) is 6.49. The van der Waals surface area contributed by atoms with Crippen LogP contribution in [0.15, 0.2) is 54.6 Å². The van der Waals surface area contributed by atoms with Crippen LogP contribution in [0.4, 0.5) is 13.2 Å². The molecule has 0 spiro atoms. The average molecular weight is 499 g/mol. The molecule has 0 atom stereocenters. The fraction of sp³-hybridized carbons (Fsp3) is 0.400. The SMILES string of the molecule is CCCCCOc1ccc(-c2ccc(-c3ccc(C4OCC(CCC)CO4)cc3F)cc2)c(F)c1F. The minimum atomic E-state index is -0.997. The van der Waals surface area contributed by atoms with E-state index in [9.17, 15) is 13.2 Å². The minimum Gasteiger partial charge on any atom is -0.490 e. The lowest BCUT2D eigenvalue weighted by Crippen LogP contribution is -2.27. The lowest BCUT2D eigenvalue weighted by Gasteiger charge is -2.29. The fourth-order valence-corrected chi connectivity index (χ4v) is 4.45. The van der Waals surface area contributed by atoms with Crippen molar-refractivity contribution in [2.24, 2.45) is 5.92 Å². The van der Waals surface area contributed by atoms with Crippen LogP contribution in [-0.2, 0) is 9.47 Å². The molecule has 1 fully saturated rings. The summed E-state index contributed by atoms with van der Waals surface area (Å²) in [6.07, 6.45) is 4.33. The van der Waals surface area contributed by atoms with Crippen molar-refractivity contribution >= 4 is 0 Å². The first-order valence-electron chi connectivity index (χ1n) is 12.8. The highest BCUT2D eigenvalue weighted by atomic mass is 19.2. The van der Waals surface area contributed by atoms with Gasteiger partial charge in [0.2, 0.25) is 5.82 Å². The molecular formula is C30H33F3O3. The molecule has 0 unspecified atom stereocenters. The highest BCUT2D eigenvalue weighted by Gasteiger charge is 2.24. The van der Waals surface area contributed by atoms with Gasteiger partial charge in [-0.2, -0.15) is 4.39 Å². The van der Waals surface area contributed by atoms with Crippen molar-refractivity contribution in [2.45, 2.75) is 52.2 Å². The van der Waals surface area contributed by atoms with Gasteiger partial charge in [0.25, 0.3) is 0 Å². The highest BCUT2D eigenvalue weighted by Crippen LogP contribution is 2.34. The Bertz CT molecular complexity index is 1140. The van der Waals surface area contributed by atoms with Gasteiger partial charge in [-0.05, 0) is 42.2 Å². The zero-order chi connectivity index (χ0) is 25.5. The molecule has 6 heteroatoms. The highest BCUT2D eigenvalue weighted by molar-refractivity contribution is 5.71. The molecule has 0 saturated carbocycles. The molecule has 3 aromatic carbocycles. The minimum absolute atomic E-state index is 0.0852. The predicted octanol–water partition coefficient (Wildman–Crippen LogP) is 8.47. The van der Waals surface area contributed by atoms with E-state index in [0.717, 1.165) is 32.1 Å². The van der Waals surface area contributed by atoms with Gasteiger partial charge in [0, 0.05) is 22.6 Å². The standard InChI is InChI=1S/C30H33F3O3/c1-3-5-6-16-34-27-15-14-25(28(32)29(27)33)22-10-8-21(9-11-22)24-13-12-23(17-26(24)31)30-35-18-20(7-4-2)19-36-30/h8-15,17,20,30H,3-7,16,18-19H2,1-2H3. The molecule has 1 aliphatic rings. The van der Waals surface area contributed by atoms with Crippen LogP contribution < -0.4 is 4.74 Å². The molecule has 0 bridgehead atoms. The van der Waals surface area contributed by atoms with Crippen molar-refractivity contribution in [1.82, 2.24) is 0 Å². The van der Waals surface area contributed by atoms with Gasteiger partial charge in [-0.3, -0.25) is 0 Å². The molecule has 3 aromatic rings. The summed E-state index contributed by atoms with van der Waals surface area (Å²) in [5, 5.41) is 0. The number of hydrogen-bond donors (Lipinski definition) is 0. The molecule has 4 rings (SSSR count). The lowest BCUT2D eigenvalue weighted by molar-refractivity contribution is -0.206. The van der Waals surface area contributed by atoms with Crippen LogP contribution in [0.2, 0.25) is 0 Å². The van der Waals surface area contributed by atoms with E-state index in [4.69, 9.17) is 14.2 Å². The zero-order valence-electron chi connectivity index (χ0n) is 20.9. The van der Waals surface area contributed by atoms with E-state index >= 15 is 0 Å². The normalized spacial score (nSPS) is 17.8. The maximum Gasteiger partial charge on any atom is 0.201 e. The number of hydrogen-bond acceptors (Lipinski definition) is 3. The van der Waals surface area contributed by atoms with Crippen LogP contribution in [-0.4, -0.2) is 19.8 Å². The van der Waals surface area contributed by atoms with Crippen LogP contribution in [0.3, 0.4) is 0 Å². The first kappa shape index (κ1) is 26.2. The molecule has 36 heavy (non-hydrogen) atoms. The Morgan fingerprint density at radius 1 is 0.778 bits per heavy atom. The molecule has 3 nitrogen and oxygen atoms in total. The monoisotopic (exact) mass is 498 g/mol. The maximum absolute atomic E-state index is 15.0. The quantitative estimate of drug-likeness (QED) is 0.262. The summed E-state index contributed by atoms with van der Waals surface area (Å²) >= 11 is 0. The second-order valence-corrected chi connectivity index (χ2v) is 9.26. The predicted molar refractivity (Wildman–Crippen MR) is 135 cm³/mol. The molecule has 0 amide bonds. The van der Waals surface area contributed by atoms with E-state index < -0.39 is 23.7 Å². The van der Waals surface area contributed by atoms with E-state index in [1.165, 1.54) is 18.2 Å². The Kier molecular flexibility index (Phi) is 9.05. The van der Waals surface area contributed by atoms with Crippen molar-refractivity contribution in [3.8, 4) is 28.0 Å². The zero-order valence-corrected chi connectivity index (χ0v) is 20.9. The van der Waals surface area contributed by atoms with Gasteiger partial charge in [-0.1, -0.05) is 69.5 Å². The smallest absolute Gasteiger partial charge is 0.201 e. The van der Waals surface area contributed by atoms with Crippen molar-refractivity contribution in [1.29, 1.82) is 0 Å². The number of ether oxygens (including phenoxy) is 3. The summed E-state index contributed by atoms with van der Waals surface area (Å²) in [6.45, 7) is 5.75. The summed E-state index contributed by atoms with van der Waals surface area (Å²) in [4.78, 5) is 0. The maximum atomic E-state index is 15.0. The second kappa shape index (κ2) is 12.4. The molecule has 1 heterocycles. The largest absolute Gasteiger partial charge is 0.490 e. The van der Waals surface area contributed by atoms with Gasteiger partial charge >= 0.3 is 0 Å². The molecule has 0 radical (unpaired) electrons. The molecule has 1 aliphatic heterocycles. The van der Waals surface area contributed by atoms with E-state index in [1.54, 1.807) is 36.4 Å². The van der Waals surface area contributed by atoms with Crippen LogP contribution >= 0.6 is 0 Å². The Morgan fingerprint density at radius 3 is 2.08 bits per heavy atom. The number of rotatable bonds is 10. The Balaban J connectivity index is 1.45. The van der Waals surface area contributed by atoms with E-state index in [-0.39, 0.29) is 11.3 Å². The Labute approximate surface area is 211 Å². The number of benzene rings is 3. The van der Waals surface area contributed by atoms with Gasteiger partial charge in [0.15, 0.2) is 17.9 Å². The summed E-state index contributed by atoms with van der Waals surface area (Å²) in [7, 11) is 0. The van der Waals surface area contributed by atoms with Crippen LogP contribution in [0.5, 0.6) is 5.75 Å². The summed E-state index contributed by atoms with van der Waals surface area (Å²) < 4.78 is 61.3. The van der Waals surface area contributed by atoms with Gasteiger partial charge < -0.3 is 14.2 Å². The second-order valence-electron chi connectivity index (χ2n) is 9.26. The third-order valence-electron chi connectivity index (χ3n) is 6.49. The summed E-state index contributed by atoms with van der Waals surface area (Å²) in [6, 6.07) is 14.6.